The summed E-state index contributed by atoms with van der Waals surface area (Å²) in [5.74, 6) is 0. The van der Waals surface area contributed by atoms with Crippen LogP contribution in [0.3, 0.4) is 0 Å². The Morgan fingerprint density at radius 3 is 2.60 bits per heavy atom. The molecule has 1 aromatic heterocycles. The average Bonchev–Trinajstić information content (AvgIpc) is 2.52. The van der Waals surface area contributed by atoms with Gasteiger partial charge >= 0.3 is 0 Å². The fourth-order valence-electron chi connectivity index (χ4n) is 2.15. The van der Waals surface area contributed by atoms with Gasteiger partial charge in [0.05, 0.1) is 11.0 Å². The summed E-state index contributed by atoms with van der Waals surface area (Å²) in [6, 6.07) is 6.30. The lowest BCUT2D eigenvalue weighted by Gasteiger charge is -2.03. The average molecular weight is 203 g/mol. The Labute approximate surface area is 89.5 Å². The van der Waals surface area contributed by atoms with Gasteiger partial charge in [-0.15, -0.1) is 0 Å². The van der Waals surface area contributed by atoms with Gasteiger partial charge in [0.2, 0.25) is 5.62 Å². The topological polar surface area (TPSA) is 33.7 Å². The minimum absolute atomic E-state index is 0.577. The molecule has 1 aromatic carbocycles. The van der Waals surface area contributed by atoms with Crippen molar-refractivity contribution in [3.05, 3.63) is 29.4 Å². The lowest BCUT2D eigenvalue weighted by molar-refractivity contribution is 0.674. The maximum absolute atomic E-state index is 8.02. The summed E-state index contributed by atoms with van der Waals surface area (Å²) in [4.78, 5) is 0. The summed E-state index contributed by atoms with van der Waals surface area (Å²) >= 11 is 0. The number of para-hydroxylation sites is 1. The molecule has 0 unspecified atom stereocenters. The Balaban J connectivity index is 2.97. The van der Waals surface area contributed by atoms with Gasteiger partial charge in [-0.05, 0) is 25.0 Å². The molecule has 0 bridgehead atoms. The molecule has 0 saturated heterocycles. The van der Waals surface area contributed by atoms with E-state index in [4.69, 9.17) is 5.41 Å². The first-order valence-electron chi connectivity index (χ1n) is 5.42. The third-order valence-corrected chi connectivity index (χ3v) is 3.00. The summed E-state index contributed by atoms with van der Waals surface area (Å²) in [5, 5.41) is 8.02. The van der Waals surface area contributed by atoms with Gasteiger partial charge in [0, 0.05) is 13.6 Å². The molecule has 2 aromatic rings. The third-order valence-electron chi connectivity index (χ3n) is 3.00. The quantitative estimate of drug-likeness (QED) is 0.775. The first kappa shape index (κ1) is 10.0. The van der Waals surface area contributed by atoms with Gasteiger partial charge in [-0.25, -0.2) is 0 Å². The Hall–Kier alpha value is -1.51. The number of rotatable bonds is 2. The number of fused-ring (bicyclic) bond motifs is 1. The number of aromatic nitrogens is 2. The number of hydrogen-bond acceptors (Lipinski definition) is 1. The molecule has 0 aliphatic carbocycles. The van der Waals surface area contributed by atoms with E-state index in [1.807, 2.05) is 11.6 Å². The van der Waals surface area contributed by atoms with Gasteiger partial charge in [-0.3, -0.25) is 5.41 Å². The summed E-state index contributed by atoms with van der Waals surface area (Å²) in [6.45, 7) is 5.10. The third kappa shape index (κ3) is 1.30. The van der Waals surface area contributed by atoms with Gasteiger partial charge in [0.1, 0.15) is 0 Å². The number of imidazole rings is 1. The molecule has 0 spiro atoms. The van der Waals surface area contributed by atoms with Crippen molar-refractivity contribution >= 4 is 11.0 Å². The molecule has 0 radical (unpaired) electrons. The molecule has 3 heteroatoms. The zero-order valence-electron chi connectivity index (χ0n) is 9.54. The molecule has 0 aliphatic heterocycles. The summed E-state index contributed by atoms with van der Waals surface area (Å²) < 4.78 is 4.01. The van der Waals surface area contributed by atoms with Crippen LogP contribution < -0.4 is 5.62 Å². The van der Waals surface area contributed by atoms with Crippen LogP contribution in [0.5, 0.6) is 0 Å². The largest absolute Gasteiger partial charge is 0.313 e. The molecule has 2 rings (SSSR count). The van der Waals surface area contributed by atoms with E-state index < -0.39 is 0 Å². The van der Waals surface area contributed by atoms with E-state index in [9.17, 15) is 0 Å². The summed E-state index contributed by atoms with van der Waals surface area (Å²) in [5.41, 5.74) is 4.27. The molecule has 0 atom stereocenters. The Kier molecular flexibility index (Phi) is 2.39. The highest BCUT2D eigenvalue weighted by Crippen LogP contribution is 2.17. The number of nitrogens with one attached hydrogen (secondary N) is 1. The first-order chi connectivity index (χ1) is 7.20. The van der Waals surface area contributed by atoms with Crippen LogP contribution in [0.25, 0.3) is 11.0 Å². The minimum Gasteiger partial charge on any atom is -0.313 e. The van der Waals surface area contributed by atoms with Crippen LogP contribution in [0, 0.1) is 5.41 Å². The fraction of sp³-hybridized carbons (Fsp3) is 0.417. The normalized spacial score (nSPS) is 11.1. The molecule has 1 heterocycles. The second-order valence-electron chi connectivity index (χ2n) is 3.77. The van der Waals surface area contributed by atoms with E-state index in [2.05, 4.69) is 36.6 Å². The Bertz CT molecular complexity index is 546. The van der Waals surface area contributed by atoms with Crippen LogP contribution in [0.1, 0.15) is 19.4 Å². The second-order valence-corrected chi connectivity index (χ2v) is 3.77. The Morgan fingerprint density at radius 2 is 2.00 bits per heavy atom. The highest BCUT2D eigenvalue weighted by atomic mass is 15.2. The van der Waals surface area contributed by atoms with Crippen LogP contribution in [-0.2, 0) is 20.0 Å². The van der Waals surface area contributed by atoms with E-state index in [-0.39, 0.29) is 0 Å². The second kappa shape index (κ2) is 3.57. The van der Waals surface area contributed by atoms with E-state index in [1.54, 1.807) is 0 Å². The Morgan fingerprint density at radius 1 is 1.27 bits per heavy atom. The molecular formula is C12H17N3. The van der Waals surface area contributed by atoms with Crippen molar-refractivity contribution in [1.82, 2.24) is 9.13 Å². The molecule has 0 saturated carbocycles. The predicted molar refractivity (Wildman–Crippen MR) is 61.8 cm³/mol. The molecule has 0 amide bonds. The minimum atomic E-state index is 0.577. The molecule has 1 N–H and O–H groups in total. The van der Waals surface area contributed by atoms with Crippen molar-refractivity contribution in [2.45, 2.75) is 26.8 Å². The number of hydrogen-bond donors (Lipinski definition) is 1. The molecule has 0 aliphatic rings. The maximum Gasteiger partial charge on any atom is 0.202 e. The highest BCUT2D eigenvalue weighted by Gasteiger charge is 2.09. The molecule has 0 fully saturated rings. The summed E-state index contributed by atoms with van der Waals surface area (Å²) in [6.07, 6.45) is 1.01. The van der Waals surface area contributed by atoms with Gasteiger partial charge in [0.25, 0.3) is 0 Å². The van der Waals surface area contributed by atoms with Crippen molar-refractivity contribution < 1.29 is 0 Å². The number of nitrogens with zero attached hydrogens (tertiary/aromatic N) is 2. The first-order valence-corrected chi connectivity index (χ1v) is 5.42. The SMILES string of the molecule is CCc1cccc2c1n(CC)c(=N)n2C. The number of aryl methyl sites for hydroxylation is 3. The van der Waals surface area contributed by atoms with Gasteiger partial charge < -0.3 is 9.13 Å². The van der Waals surface area contributed by atoms with Crippen LogP contribution >= 0.6 is 0 Å². The standard InChI is InChI=1S/C12H17N3/c1-4-9-7-6-8-10-11(9)15(5-2)12(13)14(10)3/h6-8,13H,4-5H2,1-3H3. The van der Waals surface area contributed by atoms with E-state index in [0.717, 1.165) is 18.5 Å². The van der Waals surface area contributed by atoms with Crippen LogP contribution in [0.4, 0.5) is 0 Å². The van der Waals surface area contributed by atoms with E-state index >= 15 is 0 Å². The van der Waals surface area contributed by atoms with Gasteiger partial charge in [0.15, 0.2) is 0 Å². The van der Waals surface area contributed by atoms with Crippen molar-refractivity contribution in [2.75, 3.05) is 0 Å². The van der Waals surface area contributed by atoms with E-state index in [1.165, 1.54) is 11.1 Å². The van der Waals surface area contributed by atoms with Gasteiger partial charge in [-0.2, -0.15) is 0 Å². The van der Waals surface area contributed by atoms with Crippen molar-refractivity contribution in [3.63, 3.8) is 0 Å². The zero-order chi connectivity index (χ0) is 11.0. The zero-order valence-corrected chi connectivity index (χ0v) is 9.54. The van der Waals surface area contributed by atoms with Crippen LogP contribution in [0.2, 0.25) is 0 Å². The maximum atomic E-state index is 8.02. The predicted octanol–water partition coefficient (Wildman–Crippen LogP) is 2.04. The molecule has 15 heavy (non-hydrogen) atoms. The smallest absolute Gasteiger partial charge is 0.202 e. The molecule has 80 valence electrons. The molecular weight excluding hydrogens is 186 g/mol. The molecule has 3 nitrogen and oxygen atoms in total. The monoisotopic (exact) mass is 203 g/mol. The van der Waals surface area contributed by atoms with Crippen LogP contribution in [-0.4, -0.2) is 9.13 Å². The lowest BCUT2D eigenvalue weighted by Crippen LogP contribution is -2.21. The summed E-state index contributed by atoms with van der Waals surface area (Å²) in [7, 11) is 1.95. The fourth-order valence-corrected chi connectivity index (χ4v) is 2.15. The number of benzene rings is 1. The lowest BCUT2D eigenvalue weighted by atomic mass is 10.1. The van der Waals surface area contributed by atoms with Crippen molar-refractivity contribution in [3.8, 4) is 0 Å². The van der Waals surface area contributed by atoms with Crippen molar-refractivity contribution in [2.24, 2.45) is 7.05 Å². The van der Waals surface area contributed by atoms with Crippen molar-refractivity contribution in [1.29, 1.82) is 5.41 Å². The highest BCUT2D eigenvalue weighted by molar-refractivity contribution is 5.79. The van der Waals surface area contributed by atoms with Crippen LogP contribution in [0.15, 0.2) is 18.2 Å². The van der Waals surface area contributed by atoms with Gasteiger partial charge in [-0.1, -0.05) is 19.1 Å². The van der Waals surface area contributed by atoms with E-state index in [0.29, 0.717) is 5.62 Å².